The lowest BCUT2D eigenvalue weighted by molar-refractivity contribution is 0.543. The van der Waals surface area contributed by atoms with Crippen molar-refractivity contribution in [3.63, 3.8) is 0 Å². The van der Waals surface area contributed by atoms with E-state index >= 15 is 0 Å². The van der Waals surface area contributed by atoms with Gasteiger partial charge in [0.05, 0.1) is 17.9 Å². The van der Waals surface area contributed by atoms with Gasteiger partial charge in [0.15, 0.2) is 5.82 Å². The molecule has 8 heteroatoms. The average Bonchev–Trinajstić information content (AvgIpc) is 2.86. The molecule has 1 aliphatic carbocycles. The maximum atomic E-state index is 5.73. The first-order chi connectivity index (χ1) is 8.24. The first kappa shape index (κ1) is 10.3. The Labute approximate surface area is 97.8 Å². The van der Waals surface area contributed by atoms with Gasteiger partial charge in [-0.15, -0.1) is 10.2 Å². The first-order valence-corrected chi connectivity index (χ1v) is 5.66. The predicted octanol–water partition coefficient (Wildman–Crippen LogP) is -0.333. The Morgan fingerprint density at radius 1 is 1.41 bits per heavy atom. The van der Waals surface area contributed by atoms with E-state index < -0.39 is 0 Å². The molecule has 2 N–H and O–H groups in total. The number of tetrazole rings is 1. The van der Waals surface area contributed by atoms with Crippen LogP contribution in [0.3, 0.4) is 0 Å². The van der Waals surface area contributed by atoms with Gasteiger partial charge >= 0.3 is 0 Å². The standard InChI is InChI=1S/C9H14N8/c1-6(10)8-4-16(14-11-8)5-9-12-13-15-17(9)7-2-3-7/h4,6-7H,2-3,5,10H2,1H3. The number of nitrogens with zero attached hydrogens (tertiary/aromatic N) is 7. The number of hydrogen-bond acceptors (Lipinski definition) is 6. The highest BCUT2D eigenvalue weighted by Gasteiger charge is 2.27. The third-order valence-electron chi connectivity index (χ3n) is 2.78. The molecule has 0 bridgehead atoms. The molecule has 0 amide bonds. The summed E-state index contributed by atoms with van der Waals surface area (Å²) in [5, 5.41) is 19.7. The fourth-order valence-corrected chi connectivity index (χ4v) is 1.66. The highest BCUT2D eigenvalue weighted by atomic mass is 15.6. The van der Waals surface area contributed by atoms with Gasteiger partial charge in [-0.05, 0) is 30.2 Å². The number of hydrogen-bond donors (Lipinski definition) is 1. The molecule has 1 aliphatic rings. The van der Waals surface area contributed by atoms with E-state index in [1.165, 1.54) is 0 Å². The van der Waals surface area contributed by atoms with Crippen molar-refractivity contribution in [3.8, 4) is 0 Å². The molecule has 1 fully saturated rings. The Morgan fingerprint density at radius 2 is 2.24 bits per heavy atom. The Morgan fingerprint density at radius 3 is 2.88 bits per heavy atom. The zero-order valence-electron chi connectivity index (χ0n) is 9.56. The summed E-state index contributed by atoms with van der Waals surface area (Å²) in [4.78, 5) is 0. The van der Waals surface area contributed by atoms with Crippen LogP contribution in [0.25, 0.3) is 0 Å². The van der Waals surface area contributed by atoms with Crippen molar-refractivity contribution in [2.24, 2.45) is 5.73 Å². The van der Waals surface area contributed by atoms with E-state index in [0.717, 1.165) is 24.4 Å². The zero-order valence-corrected chi connectivity index (χ0v) is 9.56. The second-order valence-electron chi connectivity index (χ2n) is 4.40. The Bertz CT molecular complexity index is 509. The van der Waals surface area contributed by atoms with E-state index in [-0.39, 0.29) is 6.04 Å². The molecule has 8 nitrogen and oxygen atoms in total. The highest BCUT2D eigenvalue weighted by molar-refractivity contribution is 4.99. The van der Waals surface area contributed by atoms with Gasteiger partial charge in [-0.3, -0.25) is 0 Å². The molecule has 17 heavy (non-hydrogen) atoms. The van der Waals surface area contributed by atoms with E-state index in [1.807, 2.05) is 17.8 Å². The predicted molar refractivity (Wildman–Crippen MR) is 57.8 cm³/mol. The van der Waals surface area contributed by atoms with Gasteiger partial charge in [0.1, 0.15) is 6.54 Å². The van der Waals surface area contributed by atoms with Crippen LogP contribution in [0.1, 0.15) is 43.4 Å². The van der Waals surface area contributed by atoms with Crippen molar-refractivity contribution in [1.82, 2.24) is 35.2 Å². The molecule has 2 heterocycles. The smallest absolute Gasteiger partial charge is 0.173 e. The third kappa shape index (κ3) is 2.03. The summed E-state index contributed by atoms with van der Waals surface area (Å²) < 4.78 is 3.58. The van der Waals surface area contributed by atoms with Gasteiger partial charge in [0, 0.05) is 6.04 Å². The summed E-state index contributed by atoms with van der Waals surface area (Å²) in [6.07, 6.45) is 4.14. The number of rotatable bonds is 4. The molecule has 0 aromatic carbocycles. The lowest BCUT2D eigenvalue weighted by atomic mass is 10.3. The van der Waals surface area contributed by atoms with Crippen LogP contribution in [0.5, 0.6) is 0 Å². The van der Waals surface area contributed by atoms with Crippen LogP contribution >= 0.6 is 0 Å². The molecule has 1 atom stereocenters. The minimum absolute atomic E-state index is 0.108. The Balaban J connectivity index is 1.78. The first-order valence-electron chi connectivity index (χ1n) is 5.66. The summed E-state index contributed by atoms with van der Waals surface area (Å²) in [5.74, 6) is 0.814. The molecule has 0 saturated heterocycles. The largest absolute Gasteiger partial charge is 0.323 e. The summed E-state index contributed by atoms with van der Waals surface area (Å²) in [6.45, 7) is 2.41. The van der Waals surface area contributed by atoms with Crippen LogP contribution in [0.15, 0.2) is 6.20 Å². The fraction of sp³-hybridized carbons (Fsp3) is 0.667. The molecule has 0 aliphatic heterocycles. The van der Waals surface area contributed by atoms with E-state index in [1.54, 1.807) is 4.68 Å². The minimum atomic E-state index is -0.108. The molecule has 2 aromatic heterocycles. The van der Waals surface area contributed by atoms with Crippen LogP contribution in [-0.2, 0) is 6.54 Å². The SMILES string of the molecule is CC(N)c1cn(Cc2nnnn2C2CC2)nn1. The molecule has 0 radical (unpaired) electrons. The summed E-state index contributed by atoms with van der Waals surface area (Å²) in [6, 6.07) is 0.361. The summed E-state index contributed by atoms with van der Waals surface area (Å²) in [5.41, 5.74) is 6.50. The van der Waals surface area contributed by atoms with Crippen LogP contribution in [0.2, 0.25) is 0 Å². The van der Waals surface area contributed by atoms with Gasteiger partial charge in [-0.25, -0.2) is 9.36 Å². The molecule has 0 spiro atoms. The van der Waals surface area contributed by atoms with Crippen molar-refractivity contribution >= 4 is 0 Å². The fourth-order valence-electron chi connectivity index (χ4n) is 1.66. The molecule has 2 aromatic rings. The molecule has 1 unspecified atom stereocenters. The lowest BCUT2D eigenvalue weighted by Gasteiger charge is -2.01. The van der Waals surface area contributed by atoms with E-state index in [0.29, 0.717) is 12.6 Å². The molecule has 1 saturated carbocycles. The van der Waals surface area contributed by atoms with Gasteiger partial charge in [-0.2, -0.15) is 0 Å². The van der Waals surface area contributed by atoms with Crippen LogP contribution in [-0.4, -0.2) is 35.2 Å². The second-order valence-corrected chi connectivity index (χ2v) is 4.40. The van der Waals surface area contributed by atoms with Gasteiger partial charge < -0.3 is 5.73 Å². The maximum Gasteiger partial charge on any atom is 0.173 e. The molecular formula is C9H14N8. The van der Waals surface area contributed by atoms with Crippen molar-refractivity contribution < 1.29 is 0 Å². The Hall–Kier alpha value is -1.83. The molecule has 3 rings (SSSR count). The Kier molecular flexibility index (Phi) is 2.36. The normalized spacial score (nSPS) is 17.3. The van der Waals surface area contributed by atoms with Crippen molar-refractivity contribution in [3.05, 3.63) is 17.7 Å². The van der Waals surface area contributed by atoms with E-state index in [2.05, 4.69) is 25.8 Å². The van der Waals surface area contributed by atoms with E-state index in [4.69, 9.17) is 5.73 Å². The monoisotopic (exact) mass is 234 g/mol. The number of nitrogens with two attached hydrogens (primary N) is 1. The topological polar surface area (TPSA) is 100 Å². The van der Waals surface area contributed by atoms with Crippen molar-refractivity contribution in [2.45, 2.75) is 38.4 Å². The summed E-state index contributed by atoms with van der Waals surface area (Å²) in [7, 11) is 0. The molecule has 90 valence electrons. The van der Waals surface area contributed by atoms with Crippen LogP contribution in [0, 0.1) is 0 Å². The third-order valence-corrected chi connectivity index (χ3v) is 2.78. The van der Waals surface area contributed by atoms with E-state index in [9.17, 15) is 0 Å². The lowest BCUT2D eigenvalue weighted by Crippen LogP contribution is -2.09. The van der Waals surface area contributed by atoms with Crippen molar-refractivity contribution in [2.75, 3.05) is 0 Å². The summed E-state index contributed by atoms with van der Waals surface area (Å²) >= 11 is 0. The zero-order chi connectivity index (χ0) is 11.8. The number of aromatic nitrogens is 7. The van der Waals surface area contributed by atoms with Crippen LogP contribution < -0.4 is 5.73 Å². The van der Waals surface area contributed by atoms with Gasteiger partial charge in [0.25, 0.3) is 0 Å². The highest BCUT2D eigenvalue weighted by Crippen LogP contribution is 2.34. The quantitative estimate of drug-likeness (QED) is 0.777. The van der Waals surface area contributed by atoms with Gasteiger partial charge in [-0.1, -0.05) is 5.21 Å². The molecular weight excluding hydrogens is 220 g/mol. The van der Waals surface area contributed by atoms with Crippen molar-refractivity contribution in [1.29, 1.82) is 0 Å². The van der Waals surface area contributed by atoms with Crippen LogP contribution in [0.4, 0.5) is 0 Å². The average molecular weight is 234 g/mol. The minimum Gasteiger partial charge on any atom is -0.323 e. The second kappa shape index (κ2) is 3.88. The maximum absolute atomic E-state index is 5.73. The van der Waals surface area contributed by atoms with Gasteiger partial charge in [0.2, 0.25) is 0 Å².